The van der Waals surface area contributed by atoms with Crippen LogP contribution in [0.15, 0.2) is 35.6 Å². The fourth-order valence-electron chi connectivity index (χ4n) is 4.01. The predicted octanol–water partition coefficient (Wildman–Crippen LogP) is 3.99. The maximum atomic E-state index is 13.4. The van der Waals surface area contributed by atoms with Crippen molar-refractivity contribution < 1.29 is 22.7 Å². The first-order valence-electron chi connectivity index (χ1n) is 10.7. The molecule has 11 heteroatoms. The first-order valence-corrected chi connectivity index (χ1v) is 10.7. The number of pyridine rings is 1. The summed E-state index contributed by atoms with van der Waals surface area (Å²) in [7, 11) is 3.25. The summed E-state index contributed by atoms with van der Waals surface area (Å²) in [6.45, 7) is 0. The Morgan fingerprint density at radius 2 is 2.12 bits per heavy atom. The van der Waals surface area contributed by atoms with Crippen LogP contribution in [0.2, 0.25) is 0 Å². The molecule has 3 heterocycles. The van der Waals surface area contributed by atoms with Crippen molar-refractivity contribution >= 4 is 28.6 Å². The monoisotopic (exact) mass is 470 g/mol. The van der Waals surface area contributed by atoms with Gasteiger partial charge in [0.15, 0.2) is 11.6 Å². The number of carbonyl (C=O) groups excluding carboxylic acids is 1. The van der Waals surface area contributed by atoms with Crippen LogP contribution in [0.1, 0.15) is 17.8 Å². The lowest BCUT2D eigenvalue weighted by Crippen LogP contribution is -2.12. The van der Waals surface area contributed by atoms with Gasteiger partial charge >= 0.3 is 0 Å². The van der Waals surface area contributed by atoms with E-state index >= 15 is 0 Å². The van der Waals surface area contributed by atoms with Gasteiger partial charge in [0.2, 0.25) is 0 Å². The molecule has 2 atom stereocenters. The number of methoxy groups -OCH3 is 1. The number of nitrogens with one attached hydrogen (secondary N) is 1. The van der Waals surface area contributed by atoms with Crippen LogP contribution in [0.3, 0.4) is 0 Å². The summed E-state index contributed by atoms with van der Waals surface area (Å²) in [5, 5.41) is 7.52. The van der Waals surface area contributed by atoms with Crippen LogP contribution in [0, 0.1) is 5.92 Å². The highest BCUT2D eigenvalue weighted by Crippen LogP contribution is 2.42. The van der Waals surface area contributed by atoms with E-state index < -0.39 is 18.5 Å². The van der Waals surface area contributed by atoms with Crippen molar-refractivity contribution in [3.63, 3.8) is 0 Å². The zero-order valence-electron chi connectivity index (χ0n) is 18.4. The van der Waals surface area contributed by atoms with Gasteiger partial charge in [-0.3, -0.25) is 14.5 Å². The minimum atomic E-state index is -2.72. The molecule has 8 nitrogen and oxygen atoms in total. The van der Waals surface area contributed by atoms with E-state index in [1.54, 1.807) is 42.3 Å². The molecule has 1 N–H and O–H groups in total. The Hall–Kier alpha value is -3.76. The van der Waals surface area contributed by atoms with Crippen molar-refractivity contribution in [2.45, 2.75) is 31.9 Å². The first-order chi connectivity index (χ1) is 16.3. The van der Waals surface area contributed by atoms with Crippen LogP contribution >= 0.6 is 0 Å². The second-order valence-corrected chi connectivity index (χ2v) is 8.29. The number of rotatable bonds is 8. The second-order valence-electron chi connectivity index (χ2n) is 8.29. The number of halogens is 3. The molecule has 0 spiro atoms. The fourth-order valence-corrected chi connectivity index (χ4v) is 4.01. The molecule has 1 aromatic carbocycles. The van der Waals surface area contributed by atoms with E-state index in [-0.39, 0.29) is 36.4 Å². The maximum Gasteiger partial charge on any atom is 0.277 e. The van der Waals surface area contributed by atoms with Gasteiger partial charge in [0.1, 0.15) is 24.0 Å². The number of alkyl halides is 3. The topological polar surface area (TPSA) is 94.3 Å². The zero-order valence-corrected chi connectivity index (χ0v) is 18.4. The molecule has 2 aliphatic rings. The number of aryl methyl sites for hydroxylation is 1. The lowest BCUT2D eigenvalue weighted by atomic mass is 10.1. The number of carbonyl (C=O) groups is 1. The normalized spacial score (nSPS) is 18.6. The number of Topliss-reactive ketones (excluding diaryl/α,β-unsaturated/α-hetero) is 1. The van der Waals surface area contributed by atoms with Gasteiger partial charge in [0, 0.05) is 19.9 Å². The third kappa shape index (κ3) is 4.13. The number of anilines is 2. The third-order valence-electron chi connectivity index (χ3n) is 5.78. The van der Waals surface area contributed by atoms with E-state index in [9.17, 15) is 18.0 Å². The minimum absolute atomic E-state index is 0.0773. The average Bonchev–Trinajstić information content (AvgIpc) is 3.18. The van der Waals surface area contributed by atoms with Gasteiger partial charge in [-0.2, -0.15) is 5.10 Å². The van der Waals surface area contributed by atoms with Gasteiger partial charge in [0.25, 0.3) is 6.43 Å². The maximum absolute atomic E-state index is 13.4. The Morgan fingerprint density at radius 3 is 2.76 bits per heavy atom. The van der Waals surface area contributed by atoms with Crippen molar-refractivity contribution in [2.24, 2.45) is 18.0 Å². The Kier molecular flexibility index (Phi) is 5.54. The number of aliphatic imine (C=N–C) groups is 1. The van der Waals surface area contributed by atoms with Crippen LogP contribution < -0.4 is 10.1 Å². The number of benzene rings is 1. The van der Waals surface area contributed by atoms with Crippen LogP contribution in [-0.2, 0) is 24.7 Å². The Bertz CT molecular complexity index is 1310. The van der Waals surface area contributed by atoms with Crippen LogP contribution in [-0.4, -0.2) is 51.0 Å². The van der Waals surface area contributed by atoms with E-state index in [4.69, 9.17) is 4.74 Å². The third-order valence-corrected chi connectivity index (χ3v) is 5.78. The highest BCUT2D eigenvalue weighted by Gasteiger charge is 2.43. The summed E-state index contributed by atoms with van der Waals surface area (Å²) in [4.78, 5) is 25.1. The molecular formula is C23H21F3N6O2. The fraction of sp³-hybridized carbons (Fsp3) is 0.348. The summed E-state index contributed by atoms with van der Waals surface area (Å²) in [6, 6.07) is 6.93. The molecule has 1 aliphatic carbocycles. The second kappa shape index (κ2) is 8.54. The van der Waals surface area contributed by atoms with E-state index in [2.05, 4.69) is 25.4 Å². The number of hydrogen-bond acceptors (Lipinski definition) is 7. The van der Waals surface area contributed by atoms with Crippen molar-refractivity contribution in [3.05, 3.63) is 42.0 Å². The van der Waals surface area contributed by atoms with Crippen LogP contribution in [0.4, 0.5) is 30.2 Å². The minimum Gasteiger partial charge on any atom is -0.494 e. The van der Waals surface area contributed by atoms with Crippen LogP contribution in [0.25, 0.3) is 11.4 Å². The van der Waals surface area contributed by atoms with Crippen molar-refractivity contribution in [1.29, 1.82) is 0 Å². The van der Waals surface area contributed by atoms with Gasteiger partial charge < -0.3 is 10.1 Å². The Labute approximate surface area is 192 Å². The molecule has 0 bridgehead atoms. The summed E-state index contributed by atoms with van der Waals surface area (Å²) < 4.78 is 47.3. The standard InChI is InChI=1S/C23H21F3N6O2/c1-32-10-27-23(31-32)12-4-3-5-15(21(12)34-2)29-16-6-11(7-19(33)13-8-14(13)24)28-17-9-18(22(25)26)30-20(16)17/h3-6,10,13-14,22H,7-9H2,1-2H3,(H,28,29)/t13-,14+/m1/s1. The Morgan fingerprint density at radius 1 is 1.32 bits per heavy atom. The molecule has 0 amide bonds. The molecule has 1 saturated carbocycles. The number of fused-ring (bicyclic) bond motifs is 1. The Balaban J connectivity index is 1.53. The van der Waals surface area contributed by atoms with Gasteiger partial charge in [-0.1, -0.05) is 6.07 Å². The van der Waals surface area contributed by atoms with Crippen LogP contribution in [0.5, 0.6) is 5.75 Å². The molecule has 5 rings (SSSR count). The smallest absolute Gasteiger partial charge is 0.277 e. The van der Waals surface area contributed by atoms with E-state index in [1.165, 1.54) is 7.11 Å². The summed E-state index contributed by atoms with van der Waals surface area (Å²) >= 11 is 0. The first kappa shape index (κ1) is 22.1. The summed E-state index contributed by atoms with van der Waals surface area (Å²) in [6.07, 6.45) is -2.24. The molecule has 34 heavy (non-hydrogen) atoms. The van der Waals surface area contributed by atoms with Crippen molar-refractivity contribution in [1.82, 2.24) is 19.7 Å². The lowest BCUT2D eigenvalue weighted by Gasteiger charge is -2.16. The molecule has 0 unspecified atom stereocenters. The number of ketones is 1. The van der Waals surface area contributed by atoms with Gasteiger partial charge in [0.05, 0.1) is 47.1 Å². The molecule has 3 aromatic rings. The number of para-hydroxylation sites is 1. The van der Waals surface area contributed by atoms with Crippen molar-refractivity contribution in [2.75, 3.05) is 12.4 Å². The van der Waals surface area contributed by atoms with Gasteiger partial charge in [-0.15, -0.1) is 0 Å². The largest absolute Gasteiger partial charge is 0.494 e. The highest BCUT2D eigenvalue weighted by molar-refractivity contribution is 5.99. The van der Waals surface area contributed by atoms with E-state index in [1.807, 2.05) is 0 Å². The quantitative estimate of drug-likeness (QED) is 0.535. The molecule has 2 aromatic heterocycles. The van der Waals surface area contributed by atoms with Gasteiger partial charge in [-0.25, -0.2) is 23.1 Å². The molecular weight excluding hydrogens is 449 g/mol. The number of ether oxygens (including phenoxy) is 1. The molecule has 176 valence electrons. The zero-order chi connectivity index (χ0) is 24.0. The predicted molar refractivity (Wildman–Crippen MR) is 119 cm³/mol. The molecule has 1 fully saturated rings. The summed E-state index contributed by atoms with van der Waals surface area (Å²) in [5.41, 5.74) is 2.27. The highest BCUT2D eigenvalue weighted by atomic mass is 19.3. The van der Waals surface area contributed by atoms with E-state index in [0.717, 1.165) is 0 Å². The SMILES string of the molecule is COc1c(Nc2cc(CC(=O)[C@@H]3C[C@@H]3F)nc3c2N=C(C(F)F)C3)cccc1-c1ncn(C)n1. The number of nitrogens with zero attached hydrogens (tertiary/aromatic N) is 5. The molecule has 1 aliphatic heterocycles. The van der Waals surface area contributed by atoms with E-state index in [0.29, 0.717) is 39.9 Å². The van der Waals surface area contributed by atoms with Crippen molar-refractivity contribution in [3.8, 4) is 17.1 Å². The lowest BCUT2D eigenvalue weighted by molar-refractivity contribution is -0.120. The molecule has 0 saturated heterocycles. The number of aromatic nitrogens is 4. The summed E-state index contributed by atoms with van der Waals surface area (Å²) in [5.74, 6) is 0.0466. The average molecular weight is 470 g/mol. The molecule has 0 radical (unpaired) electrons. The number of hydrogen-bond donors (Lipinski definition) is 1. The van der Waals surface area contributed by atoms with Gasteiger partial charge in [-0.05, 0) is 24.6 Å².